The topological polar surface area (TPSA) is 172 Å². The van der Waals surface area contributed by atoms with E-state index >= 15 is 0 Å². The van der Waals surface area contributed by atoms with Gasteiger partial charge in [-0.15, -0.1) is 0 Å². The lowest BCUT2D eigenvalue weighted by Crippen LogP contribution is -2.57. The summed E-state index contributed by atoms with van der Waals surface area (Å²) >= 11 is 0. The second-order valence-electron chi connectivity index (χ2n) is 7.92. The van der Waals surface area contributed by atoms with Crippen LogP contribution in [-0.2, 0) is 24.0 Å². The molecule has 0 aliphatic carbocycles. The van der Waals surface area contributed by atoms with Gasteiger partial charge < -0.3 is 32.3 Å². The minimum atomic E-state index is -0.953. The Morgan fingerprint density at radius 1 is 0.667 bits per heavy atom. The molecule has 5 amide bonds. The zero-order chi connectivity index (χ0) is 23.6. The standard InChI is InChI=1S/C19H36N6O5/c1-9(2)15(25-16(27)11(5)20)19(30)24-13(7)18(29)23-12(6)17(28)21-8-14(26)22-10(3)4/h9-13,15H,8,20H2,1-7H3,(H,21,28)(H,22,26)(H,23,29)(H,24,30)(H,25,27)/t11-,12-,13-,15-/m0/s1. The van der Waals surface area contributed by atoms with Gasteiger partial charge in [-0.05, 0) is 40.5 Å². The summed E-state index contributed by atoms with van der Waals surface area (Å²) in [5.74, 6) is -2.71. The van der Waals surface area contributed by atoms with E-state index in [1.165, 1.54) is 20.8 Å². The summed E-state index contributed by atoms with van der Waals surface area (Å²) in [6.07, 6.45) is 0. The number of hydrogen-bond donors (Lipinski definition) is 6. The first-order chi connectivity index (χ1) is 13.8. The van der Waals surface area contributed by atoms with E-state index in [9.17, 15) is 24.0 Å². The van der Waals surface area contributed by atoms with Crippen LogP contribution in [0.1, 0.15) is 48.5 Å². The molecule has 0 aromatic carbocycles. The molecule has 0 unspecified atom stereocenters. The van der Waals surface area contributed by atoms with E-state index in [0.717, 1.165) is 0 Å². The number of carbonyl (C=O) groups excluding carboxylic acids is 5. The van der Waals surface area contributed by atoms with Crippen molar-refractivity contribution in [3.8, 4) is 0 Å². The van der Waals surface area contributed by atoms with Gasteiger partial charge in [0.25, 0.3) is 0 Å². The molecule has 0 spiro atoms. The van der Waals surface area contributed by atoms with E-state index in [2.05, 4.69) is 26.6 Å². The molecule has 0 rings (SSSR count). The lowest BCUT2D eigenvalue weighted by Gasteiger charge is -2.25. The van der Waals surface area contributed by atoms with E-state index in [4.69, 9.17) is 5.73 Å². The van der Waals surface area contributed by atoms with Crippen LogP contribution in [0.3, 0.4) is 0 Å². The SMILES string of the molecule is CC(C)NC(=O)CNC(=O)[C@H](C)NC(=O)[C@H](C)NC(=O)[C@@H](NC(=O)[C@H](C)N)C(C)C. The third kappa shape index (κ3) is 10.2. The monoisotopic (exact) mass is 428 g/mol. The smallest absolute Gasteiger partial charge is 0.243 e. The van der Waals surface area contributed by atoms with Gasteiger partial charge in [-0.25, -0.2) is 0 Å². The van der Waals surface area contributed by atoms with E-state index in [1.807, 2.05) is 0 Å². The normalized spacial score (nSPS) is 14.9. The Balaban J connectivity index is 4.69. The fourth-order valence-corrected chi connectivity index (χ4v) is 2.29. The fourth-order valence-electron chi connectivity index (χ4n) is 2.29. The summed E-state index contributed by atoms with van der Waals surface area (Å²) in [5.41, 5.74) is 5.51. The third-order valence-electron chi connectivity index (χ3n) is 4.04. The van der Waals surface area contributed by atoms with Crippen molar-refractivity contribution in [1.29, 1.82) is 0 Å². The molecule has 0 saturated heterocycles. The van der Waals surface area contributed by atoms with Crippen LogP contribution in [0.2, 0.25) is 0 Å². The van der Waals surface area contributed by atoms with Crippen LogP contribution in [-0.4, -0.2) is 66.3 Å². The van der Waals surface area contributed by atoms with Crippen LogP contribution < -0.4 is 32.3 Å². The van der Waals surface area contributed by atoms with Gasteiger partial charge in [0.2, 0.25) is 29.5 Å². The van der Waals surface area contributed by atoms with Crippen molar-refractivity contribution < 1.29 is 24.0 Å². The zero-order valence-corrected chi connectivity index (χ0v) is 18.8. The number of amides is 5. The zero-order valence-electron chi connectivity index (χ0n) is 18.8. The predicted octanol–water partition coefficient (Wildman–Crippen LogP) is -1.88. The van der Waals surface area contributed by atoms with Crippen LogP contribution in [0.25, 0.3) is 0 Å². The van der Waals surface area contributed by atoms with Gasteiger partial charge in [0.1, 0.15) is 18.1 Å². The molecule has 0 aliphatic heterocycles. The number of nitrogens with one attached hydrogen (secondary N) is 5. The predicted molar refractivity (Wildman–Crippen MR) is 112 cm³/mol. The Labute approximate surface area is 177 Å². The Morgan fingerprint density at radius 3 is 1.63 bits per heavy atom. The fraction of sp³-hybridized carbons (Fsp3) is 0.737. The molecule has 4 atom stereocenters. The summed E-state index contributed by atoms with van der Waals surface area (Å²) in [6.45, 7) is 11.3. The van der Waals surface area contributed by atoms with Gasteiger partial charge in [-0.2, -0.15) is 0 Å². The van der Waals surface area contributed by atoms with Crippen LogP contribution in [0.15, 0.2) is 0 Å². The molecule has 0 fully saturated rings. The Bertz CT molecular complexity index is 635. The molecule has 0 saturated carbocycles. The maximum atomic E-state index is 12.5. The molecule has 11 heteroatoms. The van der Waals surface area contributed by atoms with Crippen LogP contribution >= 0.6 is 0 Å². The van der Waals surface area contributed by atoms with E-state index in [0.29, 0.717) is 0 Å². The first kappa shape index (κ1) is 27.3. The summed E-state index contributed by atoms with van der Waals surface area (Å²) in [6, 6.07) is -3.56. The van der Waals surface area contributed by atoms with Crippen molar-refractivity contribution in [2.75, 3.05) is 6.54 Å². The Kier molecular flexibility index (Phi) is 11.6. The van der Waals surface area contributed by atoms with Crippen molar-refractivity contribution in [2.45, 2.75) is 78.7 Å². The maximum Gasteiger partial charge on any atom is 0.243 e. The molecule has 0 bridgehead atoms. The number of nitrogens with two attached hydrogens (primary N) is 1. The van der Waals surface area contributed by atoms with Crippen LogP contribution in [0.5, 0.6) is 0 Å². The van der Waals surface area contributed by atoms with Crippen LogP contribution in [0.4, 0.5) is 0 Å². The highest BCUT2D eigenvalue weighted by atomic mass is 16.2. The average Bonchev–Trinajstić information content (AvgIpc) is 2.62. The van der Waals surface area contributed by atoms with Gasteiger partial charge in [0.05, 0.1) is 12.6 Å². The van der Waals surface area contributed by atoms with E-state index < -0.39 is 47.8 Å². The molecular weight excluding hydrogens is 392 g/mol. The van der Waals surface area contributed by atoms with Crippen molar-refractivity contribution in [3.63, 3.8) is 0 Å². The highest BCUT2D eigenvalue weighted by molar-refractivity contribution is 5.95. The van der Waals surface area contributed by atoms with E-state index in [-0.39, 0.29) is 24.4 Å². The molecule has 0 aromatic rings. The van der Waals surface area contributed by atoms with Gasteiger partial charge >= 0.3 is 0 Å². The van der Waals surface area contributed by atoms with Gasteiger partial charge in [-0.3, -0.25) is 24.0 Å². The molecule has 0 aliphatic rings. The van der Waals surface area contributed by atoms with Gasteiger partial charge in [0.15, 0.2) is 0 Å². The molecule has 0 heterocycles. The van der Waals surface area contributed by atoms with Gasteiger partial charge in [-0.1, -0.05) is 13.8 Å². The summed E-state index contributed by atoms with van der Waals surface area (Å²) in [4.78, 5) is 60.2. The largest absolute Gasteiger partial charge is 0.352 e. The maximum absolute atomic E-state index is 12.5. The average molecular weight is 429 g/mol. The molecule has 30 heavy (non-hydrogen) atoms. The lowest BCUT2D eigenvalue weighted by molar-refractivity contribution is -0.134. The lowest BCUT2D eigenvalue weighted by atomic mass is 10.0. The van der Waals surface area contributed by atoms with Crippen molar-refractivity contribution >= 4 is 29.5 Å². The van der Waals surface area contributed by atoms with Gasteiger partial charge in [0, 0.05) is 6.04 Å². The molecule has 0 aromatic heterocycles. The Hall–Kier alpha value is -2.69. The van der Waals surface area contributed by atoms with Crippen LogP contribution in [0, 0.1) is 5.92 Å². The second-order valence-corrected chi connectivity index (χ2v) is 7.92. The highest BCUT2D eigenvalue weighted by Crippen LogP contribution is 2.03. The molecule has 7 N–H and O–H groups in total. The van der Waals surface area contributed by atoms with Crippen molar-refractivity contribution in [3.05, 3.63) is 0 Å². The number of hydrogen-bond acceptors (Lipinski definition) is 6. The Morgan fingerprint density at radius 2 is 1.17 bits per heavy atom. The quantitative estimate of drug-likeness (QED) is 0.225. The summed E-state index contributed by atoms with van der Waals surface area (Å²) < 4.78 is 0. The molecule has 11 nitrogen and oxygen atoms in total. The van der Waals surface area contributed by atoms with Crippen molar-refractivity contribution in [1.82, 2.24) is 26.6 Å². The first-order valence-electron chi connectivity index (χ1n) is 10.00. The molecule has 172 valence electrons. The third-order valence-corrected chi connectivity index (χ3v) is 4.04. The first-order valence-corrected chi connectivity index (χ1v) is 10.00. The highest BCUT2D eigenvalue weighted by Gasteiger charge is 2.28. The number of rotatable bonds is 11. The summed E-state index contributed by atoms with van der Waals surface area (Å²) in [5, 5.41) is 12.6. The minimum absolute atomic E-state index is 0.0523. The van der Waals surface area contributed by atoms with E-state index in [1.54, 1.807) is 27.7 Å². The second kappa shape index (κ2) is 12.8. The summed E-state index contributed by atoms with van der Waals surface area (Å²) in [7, 11) is 0. The molecule has 0 radical (unpaired) electrons. The number of carbonyl (C=O) groups is 5. The molecular formula is C19H36N6O5. The minimum Gasteiger partial charge on any atom is -0.352 e. The van der Waals surface area contributed by atoms with Crippen molar-refractivity contribution in [2.24, 2.45) is 11.7 Å².